The molecule has 3 aromatic rings. The minimum atomic E-state index is -0.301. The van der Waals surface area contributed by atoms with Gasteiger partial charge in [-0.3, -0.25) is 9.59 Å². The summed E-state index contributed by atoms with van der Waals surface area (Å²) in [6, 6.07) is 15.8. The van der Waals surface area contributed by atoms with Crippen molar-refractivity contribution in [3.05, 3.63) is 83.1 Å². The number of nitrogens with one attached hydrogen (secondary N) is 1. The zero-order valence-electron chi connectivity index (χ0n) is 13.0. The summed E-state index contributed by atoms with van der Waals surface area (Å²) in [5.74, 6) is -0.320. The third-order valence-corrected chi connectivity index (χ3v) is 3.98. The van der Waals surface area contributed by atoms with Gasteiger partial charge in [-0.15, -0.1) is 0 Å². The molecule has 120 valence electrons. The van der Waals surface area contributed by atoms with E-state index in [2.05, 4.69) is 5.32 Å². The van der Waals surface area contributed by atoms with Gasteiger partial charge < -0.3 is 9.88 Å². The van der Waals surface area contributed by atoms with Gasteiger partial charge in [-0.1, -0.05) is 11.6 Å². The first-order chi connectivity index (χ1) is 11.5. The van der Waals surface area contributed by atoms with E-state index in [9.17, 15) is 9.59 Å². The van der Waals surface area contributed by atoms with Gasteiger partial charge in [0.25, 0.3) is 5.91 Å². The predicted octanol–water partition coefficient (Wildman–Crippen LogP) is 4.59. The van der Waals surface area contributed by atoms with Crippen molar-refractivity contribution in [2.45, 2.75) is 6.92 Å². The number of rotatable bonds is 4. The highest BCUT2D eigenvalue weighted by Gasteiger charge is 2.12. The number of Topliss-reactive ketones (excluding diaryl/α,β-unsaturated/α-hetero) is 1. The third-order valence-electron chi connectivity index (χ3n) is 3.65. The minimum Gasteiger partial charge on any atom is -0.324 e. The normalized spacial score (nSPS) is 10.4. The van der Waals surface area contributed by atoms with E-state index in [1.807, 2.05) is 35.2 Å². The van der Waals surface area contributed by atoms with Gasteiger partial charge in [0, 0.05) is 29.3 Å². The molecule has 3 rings (SSSR count). The largest absolute Gasteiger partial charge is 0.324 e. The Morgan fingerprint density at radius 2 is 1.67 bits per heavy atom. The second-order valence-electron chi connectivity index (χ2n) is 5.34. The lowest BCUT2D eigenvalue weighted by atomic mass is 10.1. The monoisotopic (exact) mass is 338 g/mol. The van der Waals surface area contributed by atoms with E-state index < -0.39 is 0 Å². The Labute approximate surface area is 144 Å². The summed E-state index contributed by atoms with van der Waals surface area (Å²) in [5, 5.41) is 3.17. The van der Waals surface area contributed by atoms with Gasteiger partial charge in [0.05, 0.1) is 10.6 Å². The molecule has 1 heterocycles. The SMILES string of the molecule is CC(=O)c1ccc(NC(=O)c2cc(-n3cccc3)ccc2Cl)cc1. The van der Waals surface area contributed by atoms with Crippen LogP contribution in [0, 0.1) is 0 Å². The first-order valence-electron chi connectivity index (χ1n) is 7.40. The highest BCUT2D eigenvalue weighted by Crippen LogP contribution is 2.22. The summed E-state index contributed by atoms with van der Waals surface area (Å²) in [5.41, 5.74) is 2.44. The Morgan fingerprint density at radius 3 is 2.29 bits per heavy atom. The van der Waals surface area contributed by atoms with E-state index in [1.54, 1.807) is 36.4 Å². The molecule has 0 saturated heterocycles. The molecule has 4 nitrogen and oxygen atoms in total. The molecule has 1 N–H and O–H groups in total. The number of nitrogens with zero attached hydrogens (tertiary/aromatic N) is 1. The quantitative estimate of drug-likeness (QED) is 0.707. The van der Waals surface area contributed by atoms with Gasteiger partial charge in [-0.05, 0) is 61.5 Å². The van der Waals surface area contributed by atoms with Crippen LogP contribution in [0.3, 0.4) is 0 Å². The number of benzene rings is 2. The maximum Gasteiger partial charge on any atom is 0.257 e. The number of anilines is 1. The van der Waals surface area contributed by atoms with Crippen LogP contribution in [0.2, 0.25) is 5.02 Å². The first kappa shape index (κ1) is 16.0. The van der Waals surface area contributed by atoms with Crippen LogP contribution in [0.5, 0.6) is 0 Å². The summed E-state index contributed by atoms with van der Waals surface area (Å²) in [4.78, 5) is 23.8. The third kappa shape index (κ3) is 3.39. The second-order valence-corrected chi connectivity index (χ2v) is 5.75. The van der Waals surface area contributed by atoms with Gasteiger partial charge in [-0.2, -0.15) is 0 Å². The number of hydrogen-bond donors (Lipinski definition) is 1. The van der Waals surface area contributed by atoms with Crippen molar-refractivity contribution >= 4 is 29.0 Å². The summed E-state index contributed by atoms with van der Waals surface area (Å²) < 4.78 is 1.90. The lowest BCUT2D eigenvalue weighted by Gasteiger charge is -2.10. The molecule has 1 amide bonds. The van der Waals surface area contributed by atoms with Crippen LogP contribution in [-0.4, -0.2) is 16.3 Å². The maximum atomic E-state index is 12.5. The van der Waals surface area contributed by atoms with E-state index in [4.69, 9.17) is 11.6 Å². The summed E-state index contributed by atoms with van der Waals surface area (Å²) >= 11 is 6.17. The van der Waals surface area contributed by atoms with Crippen molar-refractivity contribution in [2.75, 3.05) is 5.32 Å². The lowest BCUT2D eigenvalue weighted by molar-refractivity contribution is 0.101. The highest BCUT2D eigenvalue weighted by atomic mass is 35.5. The van der Waals surface area contributed by atoms with Crippen molar-refractivity contribution in [1.29, 1.82) is 0 Å². The molecule has 0 aliphatic rings. The molecule has 0 spiro atoms. The molecule has 2 aromatic carbocycles. The van der Waals surface area contributed by atoms with E-state index in [0.29, 0.717) is 21.8 Å². The molecule has 0 aliphatic carbocycles. The van der Waals surface area contributed by atoms with Gasteiger partial charge in [0.15, 0.2) is 5.78 Å². The van der Waals surface area contributed by atoms with Gasteiger partial charge >= 0.3 is 0 Å². The van der Waals surface area contributed by atoms with Crippen LogP contribution in [0.25, 0.3) is 5.69 Å². The molecule has 0 radical (unpaired) electrons. The van der Waals surface area contributed by atoms with E-state index in [0.717, 1.165) is 5.69 Å². The average molecular weight is 339 g/mol. The van der Waals surface area contributed by atoms with Gasteiger partial charge in [0.1, 0.15) is 0 Å². The van der Waals surface area contributed by atoms with Crippen molar-refractivity contribution < 1.29 is 9.59 Å². The Kier molecular flexibility index (Phi) is 4.49. The molecular formula is C19H15ClN2O2. The fourth-order valence-electron chi connectivity index (χ4n) is 2.34. The van der Waals surface area contributed by atoms with Crippen LogP contribution in [0.4, 0.5) is 5.69 Å². The highest BCUT2D eigenvalue weighted by molar-refractivity contribution is 6.34. The maximum absolute atomic E-state index is 12.5. The molecular weight excluding hydrogens is 324 g/mol. The Bertz CT molecular complexity index is 884. The number of ketones is 1. The van der Waals surface area contributed by atoms with Crippen LogP contribution in [0.15, 0.2) is 67.0 Å². The second kappa shape index (κ2) is 6.72. The zero-order valence-corrected chi connectivity index (χ0v) is 13.7. The average Bonchev–Trinajstić information content (AvgIpc) is 3.10. The van der Waals surface area contributed by atoms with Crippen LogP contribution >= 0.6 is 11.6 Å². The van der Waals surface area contributed by atoms with Crippen LogP contribution in [-0.2, 0) is 0 Å². The summed E-state index contributed by atoms with van der Waals surface area (Å²) in [6.45, 7) is 1.50. The lowest BCUT2D eigenvalue weighted by Crippen LogP contribution is -2.13. The number of hydrogen-bond acceptors (Lipinski definition) is 2. The molecule has 0 fully saturated rings. The van der Waals surface area contributed by atoms with Crippen LogP contribution in [0.1, 0.15) is 27.6 Å². The molecule has 1 aromatic heterocycles. The standard InChI is InChI=1S/C19H15ClN2O2/c1-13(23)14-4-6-15(7-5-14)21-19(24)17-12-16(8-9-18(17)20)22-10-2-3-11-22/h2-12H,1H3,(H,21,24). The van der Waals surface area contributed by atoms with Crippen molar-refractivity contribution in [2.24, 2.45) is 0 Å². The van der Waals surface area contributed by atoms with Crippen molar-refractivity contribution in [1.82, 2.24) is 4.57 Å². The first-order valence-corrected chi connectivity index (χ1v) is 7.77. The zero-order chi connectivity index (χ0) is 17.1. The van der Waals surface area contributed by atoms with Gasteiger partial charge in [0.2, 0.25) is 0 Å². The molecule has 24 heavy (non-hydrogen) atoms. The molecule has 0 aliphatic heterocycles. The van der Waals surface area contributed by atoms with E-state index in [-0.39, 0.29) is 11.7 Å². The molecule has 0 saturated carbocycles. The molecule has 0 atom stereocenters. The van der Waals surface area contributed by atoms with E-state index >= 15 is 0 Å². The fourth-order valence-corrected chi connectivity index (χ4v) is 2.54. The topological polar surface area (TPSA) is 51.1 Å². The number of halogens is 1. The fraction of sp³-hybridized carbons (Fsp3) is 0.0526. The predicted molar refractivity (Wildman–Crippen MR) is 95.2 cm³/mol. The Hall–Kier alpha value is -2.85. The smallest absolute Gasteiger partial charge is 0.257 e. The van der Waals surface area contributed by atoms with Gasteiger partial charge in [-0.25, -0.2) is 0 Å². The number of carbonyl (C=O) groups is 2. The molecule has 0 bridgehead atoms. The van der Waals surface area contributed by atoms with Crippen LogP contribution < -0.4 is 5.32 Å². The Morgan fingerprint density at radius 1 is 1.00 bits per heavy atom. The number of amides is 1. The van der Waals surface area contributed by atoms with Crippen molar-refractivity contribution in [3.63, 3.8) is 0 Å². The molecule has 5 heteroatoms. The number of carbonyl (C=O) groups excluding carboxylic acids is 2. The molecule has 0 unspecified atom stereocenters. The minimum absolute atomic E-state index is 0.0182. The van der Waals surface area contributed by atoms with Crippen molar-refractivity contribution in [3.8, 4) is 5.69 Å². The Balaban J connectivity index is 1.84. The van der Waals surface area contributed by atoms with E-state index in [1.165, 1.54) is 6.92 Å². The summed E-state index contributed by atoms with van der Waals surface area (Å²) in [7, 11) is 0. The number of aromatic nitrogens is 1. The summed E-state index contributed by atoms with van der Waals surface area (Å²) in [6.07, 6.45) is 3.79.